The largest absolute Gasteiger partial charge is 0.495 e. The first-order valence-corrected chi connectivity index (χ1v) is 8.70. The molecule has 0 radical (unpaired) electrons. The minimum absolute atomic E-state index is 0.127. The third-order valence-electron chi connectivity index (χ3n) is 3.94. The third-order valence-corrected chi connectivity index (χ3v) is 5.04. The zero-order chi connectivity index (χ0) is 19.6. The Morgan fingerprint density at radius 2 is 1.85 bits per heavy atom. The van der Waals surface area contributed by atoms with Crippen molar-refractivity contribution in [2.24, 2.45) is 12.0 Å². The molecule has 0 saturated carbocycles. The van der Waals surface area contributed by atoms with Crippen LogP contribution in [0.5, 0.6) is 11.5 Å². The number of benzene rings is 1. The number of fused-ring (bicyclic) bond motifs is 1. The molecule has 1 aromatic carbocycles. The third kappa shape index (κ3) is 3.43. The summed E-state index contributed by atoms with van der Waals surface area (Å²) in [5.74, 6) is 0.163. The van der Waals surface area contributed by atoms with Gasteiger partial charge in [-0.1, -0.05) is 11.3 Å². The molecule has 1 amide bonds. The first kappa shape index (κ1) is 18.6. The van der Waals surface area contributed by atoms with Crippen LogP contribution in [0.4, 0.5) is 0 Å². The second-order valence-corrected chi connectivity index (χ2v) is 6.43. The molecule has 0 atom stereocenters. The van der Waals surface area contributed by atoms with E-state index in [2.05, 4.69) is 10.1 Å². The summed E-state index contributed by atoms with van der Waals surface area (Å²) in [5, 5.41) is 3.98. The number of ether oxygens (including phenoxy) is 3. The Hall–Kier alpha value is -3.14. The van der Waals surface area contributed by atoms with Crippen molar-refractivity contribution < 1.29 is 23.8 Å². The predicted molar refractivity (Wildman–Crippen MR) is 98.0 cm³/mol. The van der Waals surface area contributed by atoms with E-state index in [1.54, 1.807) is 36.9 Å². The Labute approximate surface area is 158 Å². The highest BCUT2D eigenvalue weighted by atomic mass is 32.1. The molecule has 27 heavy (non-hydrogen) atoms. The number of methoxy groups -OCH3 is 3. The Morgan fingerprint density at radius 3 is 2.44 bits per heavy atom. The van der Waals surface area contributed by atoms with E-state index < -0.39 is 11.9 Å². The van der Waals surface area contributed by atoms with Gasteiger partial charge in [-0.2, -0.15) is 10.1 Å². The van der Waals surface area contributed by atoms with Crippen LogP contribution in [0.1, 0.15) is 10.5 Å². The summed E-state index contributed by atoms with van der Waals surface area (Å²) in [6, 6.07) is 5.06. The van der Waals surface area contributed by atoms with E-state index >= 15 is 0 Å². The molecule has 9 nitrogen and oxygen atoms in total. The summed E-state index contributed by atoms with van der Waals surface area (Å²) in [6.45, 7) is -0.127. The molecule has 10 heteroatoms. The van der Waals surface area contributed by atoms with E-state index in [4.69, 9.17) is 14.2 Å². The van der Waals surface area contributed by atoms with Gasteiger partial charge < -0.3 is 18.8 Å². The van der Waals surface area contributed by atoms with Crippen LogP contribution in [0, 0.1) is 0 Å². The second-order valence-electron chi connectivity index (χ2n) is 5.45. The highest BCUT2D eigenvalue weighted by Crippen LogP contribution is 2.35. The zero-order valence-corrected chi connectivity index (χ0v) is 16.1. The molecule has 0 aliphatic heterocycles. The molecule has 0 fully saturated rings. The quantitative estimate of drug-likeness (QED) is 0.611. The van der Waals surface area contributed by atoms with Crippen LogP contribution < -0.4 is 14.3 Å². The monoisotopic (exact) mass is 390 g/mol. The van der Waals surface area contributed by atoms with Crippen LogP contribution in [0.3, 0.4) is 0 Å². The summed E-state index contributed by atoms with van der Waals surface area (Å²) < 4.78 is 19.3. The maximum Gasteiger partial charge on any atom is 0.325 e. The fourth-order valence-corrected chi connectivity index (χ4v) is 3.74. The number of thiazole rings is 1. The lowest BCUT2D eigenvalue weighted by molar-refractivity contribution is -0.141. The highest BCUT2D eigenvalue weighted by Gasteiger charge is 2.19. The Bertz CT molecular complexity index is 1080. The van der Waals surface area contributed by atoms with E-state index in [0.29, 0.717) is 32.2 Å². The van der Waals surface area contributed by atoms with E-state index in [0.717, 1.165) is 0 Å². The molecule has 0 aliphatic rings. The molecule has 3 rings (SSSR count). The molecule has 0 bridgehead atoms. The standard InChI is InChI=1S/C17H18N4O5S/c1-20-10(7-8-18-20)16(23)19-17-21(9-13(22)26-4)14-11(24-2)5-6-12(25-3)15(14)27-17/h5-8H,9H2,1-4H3. The van der Waals surface area contributed by atoms with Crippen molar-refractivity contribution >= 4 is 33.4 Å². The predicted octanol–water partition coefficient (Wildman–Crippen LogP) is 1.37. The lowest BCUT2D eigenvalue weighted by Crippen LogP contribution is -2.23. The minimum atomic E-state index is -0.478. The van der Waals surface area contributed by atoms with Crippen LogP contribution in [-0.4, -0.2) is 47.6 Å². The maximum atomic E-state index is 12.6. The number of aryl methyl sites for hydroxylation is 1. The topological polar surface area (TPSA) is 96.9 Å². The normalized spacial score (nSPS) is 11.6. The molecule has 0 spiro atoms. The van der Waals surface area contributed by atoms with E-state index in [-0.39, 0.29) is 6.54 Å². The number of hydrogen-bond donors (Lipinski definition) is 0. The van der Waals surface area contributed by atoms with Gasteiger partial charge in [0, 0.05) is 13.2 Å². The SMILES string of the molecule is COC(=O)Cn1c(=NC(=O)c2ccnn2C)sc2c(OC)ccc(OC)c21. The van der Waals surface area contributed by atoms with Gasteiger partial charge in [0.1, 0.15) is 34.0 Å². The average molecular weight is 390 g/mol. The average Bonchev–Trinajstić information content (AvgIpc) is 3.25. The summed E-state index contributed by atoms with van der Waals surface area (Å²) >= 11 is 1.22. The van der Waals surface area contributed by atoms with Gasteiger partial charge in [0.15, 0.2) is 4.80 Å². The molecular formula is C17H18N4O5S. The highest BCUT2D eigenvalue weighted by molar-refractivity contribution is 7.16. The maximum absolute atomic E-state index is 12.6. The molecule has 2 aromatic heterocycles. The van der Waals surface area contributed by atoms with Crippen molar-refractivity contribution in [3.05, 3.63) is 34.9 Å². The number of nitrogens with zero attached hydrogens (tertiary/aromatic N) is 4. The fraction of sp³-hybridized carbons (Fsp3) is 0.294. The Morgan fingerprint density at radius 1 is 1.15 bits per heavy atom. The van der Waals surface area contributed by atoms with Gasteiger partial charge in [-0.15, -0.1) is 0 Å². The first-order chi connectivity index (χ1) is 13.0. The molecule has 3 aromatic rings. The van der Waals surface area contributed by atoms with Crippen LogP contribution in [0.25, 0.3) is 10.2 Å². The summed E-state index contributed by atoms with van der Waals surface area (Å²) in [6.07, 6.45) is 1.52. The van der Waals surface area contributed by atoms with Crippen LogP contribution in [0.2, 0.25) is 0 Å². The van der Waals surface area contributed by atoms with Gasteiger partial charge in [-0.05, 0) is 18.2 Å². The summed E-state index contributed by atoms with van der Waals surface area (Å²) in [5.41, 5.74) is 0.930. The number of carbonyl (C=O) groups excluding carboxylic acids is 2. The molecular weight excluding hydrogens is 372 g/mol. The van der Waals surface area contributed by atoms with Gasteiger partial charge in [0.25, 0.3) is 5.91 Å². The van der Waals surface area contributed by atoms with Gasteiger partial charge in [-0.3, -0.25) is 14.3 Å². The Balaban J connectivity index is 2.29. The molecule has 142 valence electrons. The fourth-order valence-electron chi connectivity index (χ4n) is 2.61. The number of esters is 1. The molecule has 2 heterocycles. The zero-order valence-electron chi connectivity index (χ0n) is 15.3. The first-order valence-electron chi connectivity index (χ1n) is 7.88. The Kier molecular flexibility index (Phi) is 5.26. The lowest BCUT2D eigenvalue weighted by atomic mass is 10.3. The molecule has 0 saturated heterocycles. The van der Waals surface area contributed by atoms with Crippen molar-refractivity contribution in [1.29, 1.82) is 0 Å². The van der Waals surface area contributed by atoms with Gasteiger partial charge in [0.05, 0.1) is 21.3 Å². The van der Waals surface area contributed by atoms with Crippen molar-refractivity contribution in [2.45, 2.75) is 6.54 Å². The lowest BCUT2D eigenvalue weighted by Gasteiger charge is -2.09. The van der Waals surface area contributed by atoms with Gasteiger partial charge in [-0.25, -0.2) is 0 Å². The van der Waals surface area contributed by atoms with Crippen molar-refractivity contribution in [3.63, 3.8) is 0 Å². The van der Waals surface area contributed by atoms with Crippen molar-refractivity contribution in [2.75, 3.05) is 21.3 Å². The number of amides is 1. The van der Waals surface area contributed by atoms with Crippen LogP contribution in [0.15, 0.2) is 29.4 Å². The summed E-state index contributed by atoms with van der Waals surface area (Å²) in [7, 11) is 6.03. The molecule has 0 N–H and O–H groups in total. The number of carbonyl (C=O) groups is 2. The molecule has 0 unspecified atom stereocenters. The van der Waals surface area contributed by atoms with E-state index in [1.807, 2.05) is 0 Å². The van der Waals surface area contributed by atoms with Gasteiger partial charge in [0.2, 0.25) is 0 Å². The van der Waals surface area contributed by atoms with Crippen molar-refractivity contribution in [1.82, 2.24) is 14.3 Å². The smallest absolute Gasteiger partial charge is 0.325 e. The van der Waals surface area contributed by atoms with Crippen LogP contribution in [-0.2, 0) is 23.1 Å². The number of aromatic nitrogens is 3. The van der Waals surface area contributed by atoms with E-state index in [1.165, 1.54) is 36.4 Å². The number of rotatable bonds is 5. The minimum Gasteiger partial charge on any atom is -0.495 e. The van der Waals surface area contributed by atoms with E-state index in [9.17, 15) is 9.59 Å². The summed E-state index contributed by atoms with van der Waals surface area (Å²) in [4.78, 5) is 29.0. The van der Waals surface area contributed by atoms with Gasteiger partial charge >= 0.3 is 5.97 Å². The number of hydrogen-bond acceptors (Lipinski definition) is 7. The molecule has 0 aliphatic carbocycles. The van der Waals surface area contributed by atoms with Crippen molar-refractivity contribution in [3.8, 4) is 11.5 Å². The second kappa shape index (κ2) is 7.62. The van der Waals surface area contributed by atoms with Crippen LogP contribution >= 0.6 is 11.3 Å².